The van der Waals surface area contributed by atoms with Gasteiger partial charge < -0.3 is 15.4 Å². The number of ether oxygens (including phenoxy) is 1. The topological polar surface area (TPSA) is 113 Å². The molecule has 3 aromatic rings. The van der Waals surface area contributed by atoms with Crippen LogP contribution >= 0.6 is 11.6 Å². The lowest BCUT2D eigenvalue weighted by Crippen LogP contribution is -2.49. The lowest BCUT2D eigenvalue weighted by atomic mass is 10.1. The predicted molar refractivity (Wildman–Crippen MR) is 127 cm³/mol. The van der Waals surface area contributed by atoms with E-state index in [2.05, 4.69) is 4.90 Å². The van der Waals surface area contributed by atoms with Crippen molar-refractivity contribution in [3.8, 4) is 5.75 Å². The van der Waals surface area contributed by atoms with Crippen LogP contribution in [0.5, 0.6) is 5.75 Å². The molecule has 1 fully saturated rings. The number of rotatable bonds is 6. The van der Waals surface area contributed by atoms with Crippen molar-refractivity contribution >= 4 is 44.1 Å². The standard InChI is InChI=1S/C23H24ClN3O5S/c24-17-7-5-16(6-8-17)14-26-9-11-27(12-10-26)22(28)15-32-20-13-21(33(29,30)31)18-3-1-2-4-19(18)23(20)25/h1-8,13H,9-12,14-15,25H2,(H,29,30,31). The van der Waals surface area contributed by atoms with Crippen LogP contribution in [-0.4, -0.2) is 61.5 Å². The van der Waals surface area contributed by atoms with Crippen LogP contribution in [0.2, 0.25) is 5.02 Å². The monoisotopic (exact) mass is 489 g/mol. The number of piperazine rings is 1. The van der Waals surface area contributed by atoms with Gasteiger partial charge in [-0.3, -0.25) is 14.2 Å². The van der Waals surface area contributed by atoms with Crippen molar-refractivity contribution in [2.24, 2.45) is 0 Å². The Labute approximate surface area is 197 Å². The van der Waals surface area contributed by atoms with E-state index in [-0.39, 0.29) is 34.2 Å². The molecule has 0 aromatic heterocycles. The molecule has 1 saturated heterocycles. The molecule has 0 bridgehead atoms. The number of carbonyl (C=O) groups is 1. The number of benzene rings is 3. The number of anilines is 1. The maximum atomic E-state index is 12.7. The summed E-state index contributed by atoms with van der Waals surface area (Å²) in [4.78, 5) is 16.3. The maximum Gasteiger partial charge on any atom is 0.295 e. The number of nitrogen functional groups attached to an aromatic ring is 1. The van der Waals surface area contributed by atoms with Crippen molar-refractivity contribution in [3.05, 3.63) is 65.2 Å². The number of hydrogen-bond donors (Lipinski definition) is 2. The molecule has 0 spiro atoms. The Morgan fingerprint density at radius 3 is 2.30 bits per heavy atom. The van der Waals surface area contributed by atoms with E-state index in [1.807, 2.05) is 24.3 Å². The molecule has 0 aliphatic carbocycles. The third kappa shape index (κ3) is 5.39. The minimum Gasteiger partial charge on any atom is -0.482 e. The molecule has 10 heteroatoms. The lowest BCUT2D eigenvalue weighted by Gasteiger charge is -2.34. The fraction of sp³-hybridized carbons (Fsp3) is 0.261. The average Bonchev–Trinajstić information content (AvgIpc) is 2.80. The van der Waals surface area contributed by atoms with Crippen molar-refractivity contribution in [1.82, 2.24) is 9.80 Å². The number of nitrogens with zero attached hydrogens (tertiary/aromatic N) is 2. The second-order valence-electron chi connectivity index (χ2n) is 7.88. The Bertz CT molecular complexity index is 1270. The van der Waals surface area contributed by atoms with Crippen LogP contribution in [0.3, 0.4) is 0 Å². The Balaban J connectivity index is 1.39. The Morgan fingerprint density at radius 2 is 1.67 bits per heavy atom. The van der Waals surface area contributed by atoms with Gasteiger partial charge in [0.05, 0.1) is 5.69 Å². The molecule has 33 heavy (non-hydrogen) atoms. The third-order valence-electron chi connectivity index (χ3n) is 5.68. The van der Waals surface area contributed by atoms with E-state index < -0.39 is 10.1 Å². The summed E-state index contributed by atoms with van der Waals surface area (Å²) in [5.74, 6) is -0.182. The van der Waals surface area contributed by atoms with E-state index in [4.69, 9.17) is 22.1 Å². The first-order chi connectivity index (χ1) is 15.7. The predicted octanol–water partition coefficient (Wildman–Crippen LogP) is 3.05. The highest BCUT2D eigenvalue weighted by Gasteiger charge is 2.23. The van der Waals surface area contributed by atoms with Crippen LogP contribution < -0.4 is 10.5 Å². The zero-order valence-corrected chi connectivity index (χ0v) is 19.3. The minimum absolute atomic E-state index is 0.0380. The molecule has 174 valence electrons. The van der Waals surface area contributed by atoms with Crippen molar-refractivity contribution in [2.75, 3.05) is 38.5 Å². The molecule has 0 unspecified atom stereocenters. The summed E-state index contributed by atoms with van der Waals surface area (Å²) in [5, 5.41) is 1.41. The van der Waals surface area contributed by atoms with Gasteiger partial charge in [0.15, 0.2) is 6.61 Å². The second kappa shape index (κ2) is 9.56. The summed E-state index contributed by atoms with van der Waals surface area (Å²) in [6, 6.07) is 15.4. The summed E-state index contributed by atoms with van der Waals surface area (Å²) < 4.78 is 38.9. The summed E-state index contributed by atoms with van der Waals surface area (Å²) in [6.45, 7) is 3.05. The Morgan fingerprint density at radius 1 is 1.03 bits per heavy atom. The van der Waals surface area contributed by atoms with Gasteiger partial charge in [0.25, 0.3) is 16.0 Å². The van der Waals surface area contributed by atoms with Crippen LogP contribution in [0.25, 0.3) is 10.8 Å². The van der Waals surface area contributed by atoms with E-state index in [1.54, 1.807) is 29.2 Å². The molecule has 0 atom stereocenters. The fourth-order valence-electron chi connectivity index (χ4n) is 3.91. The normalized spacial score (nSPS) is 15.0. The third-order valence-corrected chi connectivity index (χ3v) is 6.83. The first kappa shape index (κ1) is 23.3. The summed E-state index contributed by atoms with van der Waals surface area (Å²) in [5.41, 5.74) is 7.52. The maximum absolute atomic E-state index is 12.7. The van der Waals surface area contributed by atoms with Crippen molar-refractivity contribution in [3.63, 3.8) is 0 Å². The van der Waals surface area contributed by atoms with Gasteiger partial charge in [-0.05, 0) is 17.7 Å². The molecule has 1 aliphatic heterocycles. The first-order valence-corrected chi connectivity index (χ1v) is 12.2. The second-order valence-corrected chi connectivity index (χ2v) is 9.71. The van der Waals surface area contributed by atoms with Gasteiger partial charge in [0.2, 0.25) is 0 Å². The van der Waals surface area contributed by atoms with Gasteiger partial charge in [0.1, 0.15) is 10.6 Å². The van der Waals surface area contributed by atoms with Crippen molar-refractivity contribution < 1.29 is 22.5 Å². The van der Waals surface area contributed by atoms with E-state index in [0.29, 0.717) is 23.5 Å². The van der Waals surface area contributed by atoms with Crippen molar-refractivity contribution in [1.29, 1.82) is 0 Å². The van der Waals surface area contributed by atoms with Gasteiger partial charge in [-0.1, -0.05) is 48.0 Å². The zero-order chi connectivity index (χ0) is 23.6. The summed E-state index contributed by atoms with van der Waals surface area (Å²) >= 11 is 5.93. The van der Waals surface area contributed by atoms with Crippen LogP contribution in [0.4, 0.5) is 5.69 Å². The Hall–Kier alpha value is -2.85. The van der Waals surface area contributed by atoms with Gasteiger partial charge >= 0.3 is 0 Å². The van der Waals surface area contributed by atoms with Crippen LogP contribution in [0.15, 0.2) is 59.5 Å². The van der Waals surface area contributed by atoms with Crippen LogP contribution in [-0.2, 0) is 21.5 Å². The number of carbonyl (C=O) groups excluding carboxylic acids is 1. The molecule has 1 heterocycles. The Kier molecular flexibility index (Phi) is 6.76. The lowest BCUT2D eigenvalue weighted by molar-refractivity contribution is -0.135. The quantitative estimate of drug-likeness (QED) is 0.404. The van der Waals surface area contributed by atoms with Gasteiger partial charge in [-0.25, -0.2) is 0 Å². The van der Waals surface area contributed by atoms with Gasteiger partial charge in [0, 0.05) is 54.6 Å². The SMILES string of the molecule is Nc1c(OCC(=O)N2CCN(Cc3ccc(Cl)cc3)CC2)cc(S(=O)(=O)O)c2ccccc12. The summed E-state index contributed by atoms with van der Waals surface area (Å²) in [6.07, 6.45) is 0. The molecule has 0 radical (unpaired) electrons. The highest BCUT2D eigenvalue weighted by atomic mass is 35.5. The minimum atomic E-state index is -4.51. The van der Waals surface area contributed by atoms with Crippen molar-refractivity contribution in [2.45, 2.75) is 11.4 Å². The smallest absolute Gasteiger partial charge is 0.295 e. The van der Waals surface area contributed by atoms with Crippen LogP contribution in [0.1, 0.15) is 5.56 Å². The van der Waals surface area contributed by atoms with Gasteiger partial charge in [-0.15, -0.1) is 0 Å². The number of halogens is 1. The van der Waals surface area contributed by atoms with Gasteiger partial charge in [-0.2, -0.15) is 8.42 Å². The highest BCUT2D eigenvalue weighted by molar-refractivity contribution is 7.86. The van der Waals surface area contributed by atoms with E-state index >= 15 is 0 Å². The molecule has 1 aliphatic rings. The van der Waals surface area contributed by atoms with E-state index in [9.17, 15) is 17.8 Å². The average molecular weight is 490 g/mol. The first-order valence-electron chi connectivity index (χ1n) is 10.4. The molecular formula is C23H24ClN3O5S. The molecule has 4 rings (SSSR count). The van der Waals surface area contributed by atoms with E-state index in [1.165, 1.54) is 0 Å². The fourth-order valence-corrected chi connectivity index (χ4v) is 4.75. The zero-order valence-electron chi connectivity index (χ0n) is 17.8. The number of hydrogen-bond acceptors (Lipinski definition) is 6. The largest absolute Gasteiger partial charge is 0.482 e. The number of amides is 1. The molecule has 1 amide bonds. The molecule has 8 nitrogen and oxygen atoms in total. The summed E-state index contributed by atoms with van der Waals surface area (Å²) in [7, 11) is -4.51. The molecule has 3 aromatic carbocycles. The molecular weight excluding hydrogens is 466 g/mol. The molecule has 0 saturated carbocycles. The number of fused-ring (bicyclic) bond motifs is 1. The number of nitrogens with two attached hydrogens (primary N) is 1. The van der Waals surface area contributed by atoms with Crippen LogP contribution in [0, 0.1) is 0 Å². The highest BCUT2D eigenvalue weighted by Crippen LogP contribution is 2.35. The molecule has 3 N–H and O–H groups in total. The van der Waals surface area contributed by atoms with E-state index in [0.717, 1.165) is 31.3 Å².